The lowest BCUT2D eigenvalue weighted by atomic mass is 10.1. The molecule has 0 heterocycles. The number of aryl methyl sites for hydroxylation is 2. The molecule has 2 aromatic carbocycles. The molecule has 0 aliphatic rings. The largest absolute Gasteiger partial charge is 0.744 e. The monoisotopic (exact) mass is 829 g/mol. The van der Waals surface area contributed by atoms with E-state index in [0.717, 1.165) is 59.6 Å². The summed E-state index contributed by atoms with van der Waals surface area (Å²) in [5, 5.41) is 0. The fraction of sp³-hybridized carbons (Fsp3) is 0.727. The van der Waals surface area contributed by atoms with Crippen LogP contribution in [0.3, 0.4) is 0 Å². The van der Waals surface area contributed by atoms with E-state index in [0.29, 0.717) is 0 Å². The van der Waals surface area contributed by atoms with Crippen LogP contribution in [0.15, 0.2) is 58.3 Å². The molecule has 0 aliphatic carbocycles. The SMILES string of the molecule is CCCCCCCCCC[N+](C)(C)CCOCCOCC[N+](C)(C)CCCCCCCCCC.Cc1ccc(S(=O)(=O)[O-])cc1.Cc1ccc(S(=O)(=O)[O-])cc1. The van der Waals surface area contributed by atoms with Gasteiger partial charge in [0.15, 0.2) is 0 Å². The minimum Gasteiger partial charge on any atom is -0.744 e. The van der Waals surface area contributed by atoms with E-state index >= 15 is 0 Å². The van der Waals surface area contributed by atoms with Crippen LogP contribution >= 0.6 is 0 Å². The summed E-state index contributed by atoms with van der Waals surface area (Å²) in [6.07, 6.45) is 22.3. The quantitative estimate of drug-likeness (QED) is 0.0451. The second kappa shape index (κ2) is 31.1. The van der Waals surface area contributed by atoms with Gasteiger partial charge in [-0.1, -0.05) is 126 Å². The minimum atomic E-state index is -4.27. The number of rotatable bonds is 29. The first-order valence-corrected chi connectivity index (χ1v) is 24.0. The molecule has 0 saturated carbocycles. The third-order valence-electron chi connectivity index (χ3n) is 9.91. The Morgan fingerprint density at radius 1 is 0.429 bits per heavy atom. The first kappa shape index (κ1) is 54.1. The number of nitrogens with zero attached hydrogens (tertiary/aromatic N) is 2. The molecule has 0 unspecified atom stereocenters. The van der Waals surface area contributed by atoms with Crippen molar-refractivity contribution < 1.29 is 44.4 Å². The number of hydrogen-bond donors (Lipinski definition) is 0. The van der Waals surface area contributed by atoms with E-state index < -0.39 is 20.2 Å². The molecule has 0 atom stereocenters. The summed E-state index contributed by atoms with van der Waals surface area (Å²) in [6.45, 7) is 16.1. The van der Waals surface area contributed by atoms with E-state index in [4.69, 9.17) is 9.47 Å². The highest BCUT2D eigenvalue weighted by Gasteiger charge is 2.15. The Morgan fingerprint density at radius 3 is 0.964 bits per heavy atom. The molecule has 326 valence electrons. The molecule has 10 nitrogen and oxygen atoms in total. The third-order valence-corrected chi connectivity index (χ3v) is 11.6. The first-order valence-electron chi connectivity index (χ1n) is 21.2. The summed E-state index contributed by atoms with van der Waals surface area (Å²) in [5.74, 6) is 0. The predicted molar refractivity (Wildman–Crippen MR) is 229 cm³/mol. The average molecular weight is 829 g/mol. The number of quaternary nitrogens is 2. The maximum atomic E-state index is 10.4. The molecule has 0 amide bonds. The van der Waals surface area contributed by atoms with Crippen molar-refractivity contribution in [1.82, 2.24) is 0 Å². The van der Waals surface area contributed by atoms with Crippen LogP contribution in [0, 0.1) is 13.8 Å². The van der Waals surface area contributed by atoms with Crippen molar-refractivity contribution in [3.8, 4) is 0 Å². The summed E-state index contributed by atoms with van der Waals surface area (Å²) < 4.78 is 76.2. The van der Waals surface area contributed by atoms with Crippen molar-refractivity contribution in [2.45, 2.75) is 140 Å². The number of ether oxygens (including phenoxy) is 2. The van der Waals surface area contributed by atoms with Crippen LogP contribution in [0.1, 0.15) is 128 Å². The van der Waals surface area contributed by atoms with Crippen LogP contribution in [0.4, 0.5) is 0 Å². The predicted octanol–water partition coefficient (Wildman–Crippen LogP) is 9.25. The molecule has 0 aromatic heterocycles. The van der Waals surface area contributed by atoms with Crippen LogP contribution in [-0.4, -0.2) is 116 Å². The second-order valence-electron chi connectivity index (χ2n) is 16.5. The maximum Gasteiger partial charge on any atom is 0.124 e. The van der Waals surface area contributed by atoms with Crippen molar-refractivity contribution in [2.75, 3.05) is 80.8 Å². The van der Waals surface area contributed by atoms with E-state index in [1.165, 1.54) is 140 Å². The molecule has 56 heavy (non-hydrogen) atoms. The van der Waals surface area contributed by atoms with E-state index in [2.05, 4.69) is 42.0 Å². The summed E-state index contributed by atoms with van der Waals surface area (Å²) in [4.78, 5) is -0.355. The summed E-state index contributed by atoms with van der Waals surface area (Å²) in [6, 6.07) is 11.6. The standard InChI is InChI=1S/C30H66N2O2.2C7H8O3S/c1-7-9-11-13-15-17-19-21-23-31(3,4)25-27-33-29-30-34-28-26-32(5,6)24-22-20-18-16-14-12-10-8-2;2*1-6-2-4-7(5-3-6)11(8,9)10/h7-30H2,1-6H3;2*2-5H,1H3,(H,8,9,10)/q+2;;/p-2. The minimum absolute atomic E-state index is 0.178. The fourth-order valence-electron chi connectivity index (χ4n) is 5.93. The fourth-order valence-corrected chi connectivity index (χ4v) is 6.87. The van der Waals surface area contributed by atoms with Crippen molar-refractivity contribution >= 4 is 20.2 Å². The topological polar surface area (TPSA) is 133 Å². The van der Waals surface area contributed by atoms with Gasteiger partial charge in [0.25, 0.3) is 0 Å². The number of hydrogen-bond acceptors (Lipinski definition) is 8. The first-order chi connectivity index (χ1) is 26.3. The zero-order chi connectivity index (χ0) is 42.4. The summed E-state index contributed by atoms with van der Waals surface area (Å²) in [5.41, 5.74) is 1.86. The smallest absolute Gasteiger partial charge is 0.124 e. The highest BCUT2D eigenvalue weighted by Crippen LogP contribution is 2.13. The molecule has 0 radical (unpaired) electrons. The Kier molecular flexibility index (Phi) is 30.0. The van der Waals surface area contributed by atoms with Crippen molar-refractivity contribution in [2.24, 2.45) is 0 Å². The van der Waals surface area contributed by atoms with Gasteiger partial charge in [-0.2, -0.15) is 0 Å². The van der Waals surface area contributed by atoms with Crippen molar-refractivity contribution in [3.63, 3.8) is 0 Å². The molecule has 12 heteroatoms. The Balaban J connectivity index is 0.00000109. The van der Waals surface area contributed by atoms with Crippen molar-refractivity contribution in [3.05, 3.63) is 59.7 Å². The lowest BCUT2D eigenvalue weighted by molar-refractivity contribution is -0.891. The van der Waals surface area contributed by atoms with E-state index in [1.54, 1.807) is 24.3 Å². The van der Waals surface area contributed by atoms with Gasteiger partial charge in [0.1, 0.15) is 33.3 Å². The lowest BCUT2D eigenvalue weighted by Gasteiger charge is -2.30. The normalized spacial score (nSPS) is 12.1. The zero-order valence-electron chi connectivity index (χ0n) is 36.6. The van der Waals surface area contributed by atoms with Crippen LogP contribution < -0.4 is 0 Å². The molecule has 2 rings (SSSR count). The van der Waals surface area contributed by atoms with Crippen LogP contribution in [0.25, 0.3) is 0 Å². The van der Waals surface area contributed by atoms with Gasteiger partial charge in [-0.3, -0.25) is 0 Å². The van der Waals surface area contributed by atoms with Gasteiger partial charge >= 0.3 is 0 Å². The molecule has 2 aromatic rings. The van der Waals surface area contributed by atoms with Gasteiger partial charge in [-0.25, -0.2) is 16.8 Å². The molecule has 0 saturated heterocycles. The van der Waals surface area contributed by atoms with Gasteiger partial charge in [0, 0.05) is 0 Å². The van der Waals surface area contributed by atoms with Crippen LogP contribution in [0.5, 0.6) is 0 Å². The van der Waals surface area contributed by atoms with Gasteiger partial charge in [0.05, 0.1) is 77.5 Å². The molecule has 0 spiro atoms. The van der Waals surface area contributed by atoms with E-state index in [9.17, 15) is 25.9 Å². The average Bonchev–Trinajstić information content (AvgIpc) is 3.12. The van der Waals surface area contributed by atoms with Gasteiger partial charge in [0.2, 0.25) is 0 Å². The van der Waals surface area contributed by atoms with Gasteiger partial charge in [-0.05, 0) is 63.8 Å². The molecule has 0 fully saturated rings. The lowest BCUT2D eigenvalue weighted by Crippen LogP contribution is -2.43. The highest BCUT2D eigenvalue weighted by molar-refractivity contribution is 7.86. The third kappa shape index (κ3) is 32.1. The number of likely N-dealkylation sites (N-methyl/N-ethyl adjacent to an activating group) is 2. The van der Waals surface area contributed by atoms with E-state index in [1.807, 2.05) is 13.8 Å². The molecule has 0 N–H and O–H groups in total. The van der Waals surface area contributed by atoms with E-state index in [-0.39, 0.29) is 9.79 Å². The van der Waals surface area contributed by atoms with Crippen molar-refractivity contribution in [1.29, 1.82) is 0 Å². The zero-order valence-corrected chi connectivity index (χ0v) is 38.2. The summed E-state index contributed by atoms with van der Waals surface area (Å²) in [7, 11) is 0.824. The van der Waals surface area contributed by atoms with Crippen LogP contribution in [0.2, 0.25) is 0 Å². The molecule has 0 bridgehead atoms. The molecular weight excluding hydrogens is 749 g/mol. The Hall–Kier alpha value is -1.90. The Morgan fingerprint density at radius 2 is 0.696 bits per heavy atom. The highest BCUT2D eigenvalue weighted by atomic mass is 32.2. The Bertz CT molecular complexity index is 1340. The Labute approximate surface area is 344 Å². The molecular formula is C44H80N2O8S2. The summed E-state index contributed by atoms with van der Waals surface area (Å²) >= 11 is 0. The van der Waals surface area contributed by atoms with Gasteiger partial charge in [-0.15, -0.1) is 0 Å². The van der Waals surface area contributed by atoms with Gasteiger partial charge < -0.3 is 27.5 Å². The maximum absolute atomic E-state index is 10.4. The number of unbranched alkanes of at least 4 members (excludes halogenated alkanes) is 14. The second-order valence-corrected chi connectivity index (χ2v) is 19.2. The molecule has 0 aliphatic heterocycles. The number of benzene rings is 2. The van der Waals surface area contributed by atoms with Crippen LogP contribution in [-0.2, 0) is 29.7 Å².